The van der Waals surface area contributed by atoms with E-state index < -0.39 is 5.92 Å². The quantitative estimate of drug-likeness (QED) is 0.552. The zero-order valence-corrected chi connectivity index (χ0v) is 15.4. The Kier molecular flexibility index (Phi) is 6.13. The molecule has 0 amide bonds. The fourth-order valence-corrected chi connectivity index (χ4v) is 2.87. The second-order valence-corrected chi connectivity index (χ2v) is 7.33. The van der Waals surface area contributed by atoms with Crippen molar-refractivity contribution in [2.24, 2.45) is 0 Å². The molecule has 1 unspecified atom stereocenters. The number of hydrogen-bond donors (Lipinski definition) is 0. The molecule has 0 spiro atoms. The Balaban J connectivity index is 2.12. The highest BCUT2D eigenvalue weighted by Crippen LogP contribution is 2.26. The summed E-state index contributed by atoms with van der Waals surface area (Å²) in [5.74, 6) is -0.0546. The molecule has 0 saturated carbocycles. The van der Waals surface area contributed by atoms with E-state index in [1.54, 1.807) is 7.11 Å². The van der Waals surface area contributed by atoms with Crippen LogP contribution in [0.15, 0.2) is 48.5 Å². The Hall–Kier alpha value is -2.42. The molecule has 0 bridgehead atoms. The van der Waals surface area contributed by atoms with Gasteiger partial charge in [-0.3, -0.25) is 9.59 Å². The van der Waals surface area contributed by atoms with Crippen LogP contribution in [0, 0.1) is 0 Å². The smallest absolute Gasteiger partial charge is 0.202 e. The van der Waals surface area contributed by atoms with Gasteiger partial charge in [-0.05, 0) is 47.1 Å². The summed E-state index contributed by atoms with van der Waals surface area (Å²) in [7, 11) is 1.60. The van der Waals surface area contributed by atoms with Crippen molar-refractivity contribution in [1.29, 1.82) is 0 Å². The van der Waals surface area contributed by atoms with Crippen LogP contribution in [0.5, 0.6) is 5.75 Å². The number of benzene rings is 2. The maximum atomic E-state index is 12.1. The number of ether oxygens (including phenoxy) is 1. The maximum absolute atomic E-state index is 12.1. The van der Waals surface area contributed by atoms with Crippen molar-refractivity contribution in [3.8, 4) is 5.75 Å². The van der Waals surface area contributed by atoms with Gasteiger partial charge in [-0.15, -0.1) is 0 Å². The molecule has 25 heavy (non-hydrogen) atoms. The van der Waals surface area contributed by atoms with E-state index in [1.165, 1.54) is 11.1 Å². The summed E-state index contributed by atoms with van der Waals surface area (Å²) < 4.78 is 5.15. The molecule has 0 aromatic heterocycles. The molecular weight excluding hydrogens is 312 g/mol. The molecular formula is C22H26O3. The van der Waals surface area contributed by atoms with Crippen LogP contribution in [-0.4, -0.2) is 19.2 Å². The average Bonchev–Trinajstić information content (AvgIpc) is 2.61. The van der Waals surface area contributed by atoms with Crippen LogP contribution in [0.4, 0.5) is 0 Å². The van der Waals surface area contributed by atoms with E-state index in [4.69, 9.17) is 4.74 Å². The van der Waals surface area contributed by atoms with Gasteiger partial charge < -0.3 is 4.74 Å². The summed E-state index contributed by atoms with van der Waals surface area (Å²) in [6, 6.07) is 15.8. The van der Waals surface area contributed by atoms with Crippen LogP contribution >= 0.6 is 0 Å². The van der Waals surface area contributed by atoms with Gasteiger partial charge in [-0.1, -0.05) is 57.2 Å². The molecule has 0 radical (unpaired) electrons. The van der Waals surface area contributed by atoms with E-state index in [-0.39, 0.29) is 11.2 Å². The van der Waals surface area contributed by atoms with Gasteiger partial charge in [0.2, 0.25) is 5.78 Å². The molecule has 1 atom stereocenters. The molecule has 0 aliphatic heterocycles. The minimum Gasteiger partial charge on any atom is -0.497 e. The van der Waals surface area contributed by atoms with Crippen LogP contribution < -0.4 is 4.74 Å². The van der Waals surface area contributed by atoms with Gasteiger partial charge in [-0.25, -0.2) is 0 Å². The van der Waals surface area contributed by atoms with Gasteiger partial charge >= 0.3 is 0 Å². The molecule has 3 nitrogen and oxygen atoms in total. The number of hydrogen-bond acceptors (Lipinski definition) is 3. The third-order valence-electron chi connectivity index (χ3n) is 4.52. The first-order valence-electron chi connectivity index (χ1n) is 8.57. The average molecular weight is 338 g/mol. The van der Waals surface area contributed by atoms with Crippen LogP contribution in [0.25, 0.3) is 0 Å². The standard InChI is InChI=1S/C22H26O3/c1-22(2,3)18-10-5-16(6-11-18)7-14-20(21(24)15-23)17-8-12-19(25-4)13-9-17/h5-6,8-13,15,20H,7,14H2,1-4H3. The van der Waals surface area contributed by atoms with Gasteiger partial charge in [-0.2, -0.15) is 0 Å². The van der Waals surface area contributed by atoms with Gasteiger partial charge in [0.05, 0.1) is 13.0 Å². The van der Waals surface area contributed by atoms with E-state index in [9.17, 15) is 9.59 Å². The Morgan fingerprint density at radius 3 is 2.12 bits per heavy atom. The molecule has 0 fully saturated rings. The fraction of sp³-hybridized carbons (Fsp3) is 0.364. The first kappa shape index (κ1) is 18.9. The highest BCUT2D eigenvalue weighted by Gasteiger charge is 2.20. The molecule has 2 aromatic carbocycles. The van der Waals surface area contributed by atoms with Gasteiger partial charge in [0.15, 0.2) is 6.29 Å². The van der Waals surface area contributed by atoms with Crippen LogP contribution in [0.1, 0.15) is 49.8 Å². The van der Waals surface area contributed by atoms with Crippen LogP contribution in [-0.2, 0) is 21.4 Å². The van der Waals surface area contributed by atoms with Gasteiger partial charge in [0, 0.05) is 0 Å². The number of carbonyl (C=O) groups is 2. The number of Topliss-reactive ketones (excluding diaryl/α,β-unsaturated/α-hetero) is 1. The summed E-state index contributed by atoms with van der Waals surface area (Å²) in [5.41, 5.74) is 3.43. The summed E-state index contributed by atoms with van der Waals surface area (Å²) in [6.45, 7) is 6.55. The zero-order chi connectivity index (χ0) is 18.4. The zero-order valence-electron chi connectivity index (χ0n) is 15.4. The normalized spacial score (nSPS) is 12.5. The summed E-state index contributed by atoms with van der Waals surface area (Å²) in [4.78, 5) is 23.1. The third kappa shape index (κ3) is 5.02. The molecule has 0 aliphatic rings. The fourth-order valence-electron chi connectivity index (χ4n) is 2.87. The number of aryl methyl sites for hydroxylation is 1. The van der Waals surface area contributed by atoms with Crippen molar-refractivity contribution in [2.45, 2.75) is 44.9 Å². The van der Waals surface area contributed by atoms with Crippen molar-refractivity contribution in [3.63, 3.8) is 0 Å². The SMILES string of the molecule is COc1ccc(C(CCc2ccc(C(C)(C)C)cc2)C(=O)C=O)cc1. The lowest BCUT2D eigenvalue weighted by Crippen LogP contribution is -2.15. The summed E-state index contributed by atoms with van der Waals surface area (Å²) in [6.07, 6.45) is 1.79. The Morgan fingerprint density at radius 1 is 1.04 bits per heavy atom. The van der Waals surface area contributed by atoms with E-state index in [1.807, 2.05) is 24.3 Å². The largest absolute Gasteiger partial charge is 0.497 e. The highest BCUT2D eigenvalue weighted by atomic mass is 16.5. The third-order valence-corrected chi connectivity index (χ3v) is 4.52. The molecule has 0 saturated heterocycles. The molecule has 0 aliphatic carbocycles. The predicted molar refractivity (Wildman–Crippen MR) is 100 cm³/mol. The molecule has 3 heteroatoms. The number of rotatable bonds is 7. The Labute approximate surface area is 150 Å². The minimum absolute atomic E-state index is 0.123. The van der Waals surface area contributed by atoms with Crippen molar-refractivity contribution >= 4 is 12.1 Å². The molecule has 132 valence electrons. The van der Waals surface area contributed by atoms with Crippen molar-refractivity contribution in [1.82, 2.24) is 0 Å². The molecule has 0 heterocycles. The Morgan fingerprint density at radius 2 is 1.64 bits per heavy atom. The van der Waals surface area contributed by atoms with Crippen molar-refractivity contribution < 1.29 is 14.3 Å². The number of carbonyl (C=O) groups excluding carboxylic acids is 2. The second kappa shape index (κ2) is 8.11. The lowest BCUT2D eigenvalue weighted by Gasteiger charge is -2.19. The van der Waals surface area contributed by atoms with Crippen molar-refractivity contribution in [3.05, 3.63) is 65.2 Å². The van der Waals surface area contributed by atoms with E-state index in [2.05, 4.69) is 45.0 Å². The van der Waals surface area contributed by atoms with E-state index in [0.717, 1.165) is 17.7 Å². The monoisotopic (exact) mass is 338 g/mol. The number of methoxy groups -OCH3 is 1. The first-order valence-corrected chi connectivity index (χ1v) is 8.57. The summed E-state index contributed by atoms with van der Waals surface area (Å²) in [5, 5.41) is 0. The Bertz CT molecular complexity index is 706. The van der Waals surface area contributed by atoms with Crippen molar-refractivity contribution in [2.75, 3.05) is 7.11 Å². The number of aldehydes is 1. The first-order chi connectivity index (χ1) is 11.8. The lowest BCUT2D eigenvalue weighted by atomic mass is 9.85. The topological polar surface area (TPSA) is 43.4 Å². The second-order valence-electron chi connectivity index (χ2n) is 7.33. The summed E-state index contributed by atoms with van der Waals surface area (Å²) >= 11 is 0. The lowest BCUT2D eigenvalue weighted by molar-refractivity contribution is -0.130. The molecule has 0 N–H and O–H groups in total. The maximum Gasteiger partial charge on any atom is 0.202 e. The number of ketones is 1. The van der Waals surface area contributed by atoms with E-state index in [0.29, 0.717) is 12.7 Å². The van der Waals surface area contributed by atoms with Gasteiger partial charge in [0.1, 0.15) is 5.75 Å². The van der Waals surface area contributed by atoms with Crippen LogP contribution in [0.3, 0.4) is 0 Å². The van der Waals surface area contributed by atoms with Gasteiger partial charge in [0.25, 0.3) is 0 Å². The molecule has 2 rings (SSSR count). The van der Waals surface area contributed by atoms with E-state index >= 15 is 0 Å². The van der Waals surface area contributed by atoms with Crippen LogP contribution in [0.2, 0.25) is 0 Å². The predicted octanol–water partition coefficient (Wildman–Crippen LogP) is 4.48. The highest BCUT2D eigenvalue weighted by molar-refractivity contribution is 6.27. The molecule has 2 aromatic rings. The minimum atomic E-state index is -0.411.